The molecule has 0 aliphatic carbocycles. The van der Waals surface area contributed by atoms with Gasteiger partial charge in [-0.15, -0.1) is 0 Å². The zero-order chi connectivity index (χ0) is 12.8. The lowest BCUT2D eigenvalue weighted by Gasteiger charge is -2.35. The summed E-state index contributed by atoms with van der Waals surface area (Å²) in [6, 6.07) is -0.421. The van der Waals surface area contributed by atoms with Crippen molar-refractivity contribution >= 4 is 5.97 Å². The molecule has 0 aromatic heterocycles. The molecule has 4 heteroatoms. The van der Waals surface area contributed by atoms with Crippen molar-refractivity contribution in [2.75, 3.05) is 26.2 Å². The first-order valence-electron chi connectivity index (χ1n) is 6.73. The Morgan fingerprint density at radius 2 is 2.00 bits per heavy atom. The molecule has 1 atom stereocenters. The first-order valence-corrected chi connectivity index (χ1v) is 6.73. The summed E-state index contributed by atoms with van der Waals surface area (Å²) in [5.41, 5.74) is 0. The van der Waals surface area contributed by atoms with E-state index in [1.54, 1.807) is 0 Å². The van der Waals surface area contributed by atoms with Crippen molar-refractivity contribution in [3.8, 4) is 0 Å². The molecule has 1 rings (SSSR count). The van der Waals surface area contributed by atoms with Crippen LogP contribution in [0, 0.1) is 11.8 Å². The molecule has 0 saturated carbocycles. The van der Waals surface area contributed by atoms with E-state index in [0.29, 0.717) is 13.1 Å². The molecule has 0 aromatic rings. The van der Waals surface area contributed by atoms with Crippen LogP contribution in [0.3, 0.4) is 0 Å². The van der Waals surface area contributed by atoms with Crippen molar-refractivity contribution in [2.24, 2.45) is 11.8 Å². The quantitative estimate of drug-likeness (QED) is 0.739. The monoisotopic (exact) mass is 242 g/mol. The maximum Gasteiger partial charge on any atom is 0.322 e. The van der Waals surface area contributed by atoms with Crippen LogP contribution in [0.15, 0.2) is 0 Å². The molecule has 4 nitrogen and oxygen atoms in total. The molecule has 1 aliphatic rings. The van der Waals surface area contributed by atoms with Crippen LogP contribution in [0.5, 0.6) is 0 Å². The van der Waals surface area contributed by atoms with Gasteiger partial charge in [0.2, 0.25) is 0 Å². The Labute approximate surface area is 104 Å². The molecule has 0 spiro atoms. The molecule has 1 fully saturated rings. The van der Waals surface area contributed by atoms with E-state index in [1.807, 2.05) is 6.92 Å². The number of aliphatic carboxylic acids is 1. The molecular weight excluding hydrogens is 216 g/mol. The van der Waals surface area contributed by atoms with Crippen LogP contribution in [0.2, 0.25) is 0 Å². The van der Waals surface area contributed by atoms with Gasteiger partial charge < -0.3 is 15.3 Å². The van der Waals surface area contributed by atoms with Crippen LogP contribution in [0.25, 0.3) is 0 Å². The van der Waals surface area contributed by atoms with Crippen molar-refractivity contribution < 1.29 is 9.90 Å². The highest BCUT2D eigenvalue weighted by Crippen LogP contribution is 2.24. The molecule has 1 heterocycles. The third kappa shape index (κ3) is 4.64. The van der Waals surface area contributed by atoms with Gasteiger partial charge in [0.25, 0.3) is 0 Å². The average Bonchev–Trinajstić information content (AvgIpc) is 2.29. The van der Waals surface area contributed by atoms with E-state index in [2.05, 4.69) is 24.1 Å². The average molecular weight is 242 g/mol. The minimum absolute atomic E-state index is 0.421. The number of rotatable bonds is 6. The van der Waals surface area contributed by atoms with Crippen molar-refractivity contribution in [2.45, 2.75) is 39.7 Å². The molecule has 1 unspecified atom stereocenters. The molecule has 0 bridgehead atoms. The number of nitrogens with one attached hydrogen (secondary N) is 1. The summed E-state index contributed by atoms with van der Waals surface area (Å²) in [7, 11) is 0. The zero-order valence-electron chi connectivity index (χ0n) is 11.3. The third-order valence-corrected chi connectivity index (χ3v) is 3.76. The molecule has 0 amide bonds. The Balaban J connectivity index is 2.35. The number of carbonyl (C=O) groups is 1. The summed E-state index contributed by atoms with van der Waals surface area (Å²) in [6.07, 6.45) is 2.41. The first-order chi connectivity index (χ1) is 8.04. The van der Waals surface area contributed by atoms with Gasteiger partial charge in [-0.1, -0.05) is 20.8 Å². The van der Waals surface area contributed by atoms with Crippen LogP contribution in [0.1, 0.15) is 33.6 Å². The maximum absolute atomic E-state index is 11.0. The number of likely N-dealkylation sites (N-methyl/N-ethyl adjacent to an activating group) is 1. The minimum atomic E-state index is -0.738. The van der Waals surface area contributed by atoms with Crippen molar-refractivity contribution in [1.29, 1.82) is 0 Å². The molecule has 0 aromatic carbocycles. The summed E-state index contributed by atoms with van der Waals surface area (Å²) < 4.78 is 0. The summed E-state index contributed by atoms with van der Waals surface area (Å²) in [5.74, 6) is 0.827. The summed E-state index contributed by atoms with van der Waals surface area (Å²) in [4.78, 5) is 13.3. The van der Waals surface area contributed by atoms with Gasteiger partial charge in [0.05, 0.1) is 0 Å². The van der Waals surface area contributed by atoms with Crippen LogP contribution in [0.4, 0.5) is 0 Å². The van der Waals surface area contributed by atoms with E-state index in [0.717, 1.165) is 24.9 Å². The molecular formula is C13H26N2O2. The fourth-order valence-electron chi connectivity index (χ4n) is 2.54. The lowest BCUT2D eigenvalue weighted by atomic mass is 9.86. The van der Waals surface area contributed by atoms with E-state index in [9.17, 15) is 4.79 Å². The molecule has 1 aliphatic heterocycles. The summed E-state index contributed by atoms with van der Waals surface area (Å²) >= 11 is 0. The zero-order valence-corrected chi connectivity index (χ0v) is 11.3. The maximum atomic E-state index is 11.0. The van der Waals surface area contributed by atoms with Gasteiger partial charge in [0.1, 0.15) is 6.04 Å². The molecule has 1 saturated heterocycles. The third-order valence-electron chi connectivity index (χ3n) is 3.76. The van der Waals surface area contributed by atoms with Gasteiger partial charge in [-0.3, -0.25) is 4.79 Å². The first kappa shape index (κ1) is 14.5. The van der Waals surface area contributed by atoms with Crippen molar-refractivity contribution in [3.63, 3.8) is 0 Å². The van der Waals surface area contributed by atoms with E-state index >= 15 is 0 Å². The Kier molecular flexibility index (Phi) is 5.92. The SMILES string of the molecule is CCNC(CN1CCC(C(C)C)CC1)C(=O)O. The topological polar surface area (TPSA) is 52.6 Å². The van der Waals surface area contributed by atoms with Crippen LogP contribution in [-0.4, -0.2) is 48.2 Å². The summed E-state index contributed by atoms with van der Waals surface area (Å²) in [6.45, 7) is 9.92. The van der Waals surface area contributed by atoms with Crippen molar-refractivity contribution in [3.05, 3.63) is 0 Å². The number of hydrogen-bond donors (Lipinski definition) is 2. The highest BCUT2D eigenvalue weighted by molar-refractivity contribution is 5.73. The van der Waals surface area contributed by atoms with E-state index in [1.165, 1.54) is 12.8 Å². The lowest BCUT2D eigenvalue weighted by Crippen LogP contribution is -2.48. The number of carboxylic acid groups (broad SMARTS) is 1. The van der Waals surface area contributed by atoms with Crippen LogP contribution < -0.4 is 5.32 Å². The molecule has 2 N–H and O–H groups in total. The van der Waals surface area contributed by atoms with E-state index in [-0.39, 0.29) is 0 Å². The van der Waals surface area contributed by atoms with Gasteiger partial charge in [-0.05, 0) is 44.3 Å². The van der Waals surface area contributed by atoms with Gasteiger partial charge in [0.15, 0.2) is 0 Å². The second-order valence-corrected chi connectivity index (χ2v) is 5.33. The van der Waals surface area contributed by atoms with Crippen molar-refractivity contribution in [1.82, 2.24) is 10.2 Å². The Morgan fingerprint density at radius 3 is 2.41 bits per heavy atom. The molecule has 100 valence electrons. The number of nitrogens with zero attached hydrogens (tertiary/aromatic N) is 1. The number of hydrogen-bond acceptors (Lipinski definition) is 3. The van der Waals surface area contributed by atoms with Crippen LogP contribution in [-0.2, 0) is 4.79 Å². The minimum Gasteiger partial charge on any atom is -0.480 e. The lowest BCUT2D eigenvalue weighted by molar-refractivity contribution is -0.140. The van der Waals surface area contributed by atoms with E-state index < -0.39 is 12.0 Å². The van der Waals surface area contributed by atoms with Crippen LogP contribution >= 0.6 is 0 Å². The van der Waals surface area contributed by atoms with Gasteiger partial charge in [-0.25, -0.2) is 0 Å². The standard InChI is InChI=1S/C13H26N2O2/c1-4-14-12(13(16)17)9-15-7-5-11(6-8-15)10(2)3/h10-12,14H,4-9H2,1-3H3,(H,16,17). The molecule has 0 radical (unpaired) electrons. The fourth-order valence-corrected chi connectivity index (χ4v) is 2.54. The number of carboxylic acids is 1. The Bertz CT molecular complexity index is 236. The predicted molar refractivity (Wildman–Crippen MR) is 69.1 cm³/mol. The highest BCUT2D eigenvalue weighted by atomic mass is 16.4. The fraction of sp³-hybridized carbons (Fsp3) is 0.923. The normalized spacial score (nSPS) is 20.7. The largest absolute Gasteiger partial charge is 0.480 e. The number of likely N-dealkylation sites (tertiary alicyclic amines) is 1. The predicted octanol–water partition coefficient (Wildman–Crippen LogP) is 1.42. The number of piperidine rings is 1. The second-order valence-electron chi connectivity index (χ2n) is 5.33. The second kappa shape index (κ2) is 6.97. The Morgan fingerprint density at radius 1 is 1.41 bits per heavy atom. The van der Waals surface area contributed by atoms with Gasteiger partial charge >= 0.3 is 5.97 Å². The van der Waals surface area contributed by atoms with Gasteiger partial charge in [0, 0.05) is 6.54 Å². The Hall–Kier alpha value is -0.610. The summed E-state index contributed by atoms with van der Waals surface area (Å²) in [5, 5.41) is 12.1. The smallest absolute Gasteiger partial charge is 0.322 e. The van der Waals surface area contributed by atoms with E-state index in [4.69, 9.17) is 5.11 Å². The van der Waals surface area contributed by atoms with Gasteiger partial charge in [-0.2, -0.15) is 0 Å². The highest BCUT2D eigenvalue weighted by Gasteiger charge is 2.25. The molecule has 17 heavy (non-hydrogen) atoms.